The van der Waals surface area contributed by atoms with E-state index in [1.165, 1.54) is 25.3 Å². The van der Waals surface area contributed by atoms with Crippen LogP contribution in [-0.2, 0) is 14.8 Å². The molecule has 3 fully saturated rings. The molecule has 1 amide bonds. The van der Waals surface area contributed by atoms with Crippen molar-refractivity contribution in [1.29, 1.82) is 0 Å². The third-order valence-electron chi connectivity index (χ3n) is 7.41. The highest BCUT2D eigenvalue weighted by molar-refractivity contribution is 7.90. The first-order valence-corrected chi connectivity index (χ1v) is 14.1. The van der Waals surface area contributed by atoms with Gasteiger partial charge in [0, 0.05) is 25.9 Å². The summed E-state index contributed by atoms with van der Waals surface area (Å²) >= 11 is 0. The maximum atomic E-state index is 13.2. The second-order valence-corrected chi connectivity index (χ2v) is 12.9. The van der Waals surface area contributed by atoms with Crippen molar-refractivity contribution in [2.75, 3.05) is 18.0 Å². The molecule has 7 nitrogen and oxygen atoms in total. The van der Waals surface area contributed by atoms with Crippen LogP contribution in [0.1, 0.15) is 75.8 Å². The van der Waals surface area contributed by atoms with Gasteiger partial charge in [-0.2, -0.15) is 8.42 Å². The zero-order valence-electron chi connectivity index (χ0n) is 20.8. The number of anilines is 1. The molecule has 1 saturated heterocycles. The van der Waals surface area contributed by atoms with E-state index in [0.717, 1.165) is 37.1 Å². The molecule has 2 heterocycles. The van der Waals surface area contributed by atoms with Crippen LogP contribution in [0.15, 0.2) is 41.4 Å². The summed E-state index contributed by atoms with van der Waals surface area (Å²) < 4.78 is 34.7. The van der Waals surface area contributed by atoms with E-state index in [1.54, 1.807) is 12.1 Å². The van der Waals surface area contributed by atoms with Crippen LogP contribution in [0.4, 0.5) is 5.82 Å². The molecule has 0 atom stereocenters. The van der Waals surface area contributed by atoms with Crippen molar-refractivity contribution < 1.29 is 17.9 Å². The third kappa shape index (κ3) is 5.03. The molecule has 1 aromatic heterocycles. The summed E-state index contributed by atoms with van der Waals surface area (Å²) in [6.45, 7) is 7.94. The summed E-state index contributed by atoms with van der Waals surface area (Å²) in [7, 11) is -4.12. The van der Waals surface area contributed by atoms with Crippen molar-refractivity contribution >= 4 is 21.7 Å². The van der Waals surface area contributed by atoms with Gasteiger partial charge in [-0.1, -0.05) is 51.3 Å². The van der Waals surface area contributed by atoms with Crippen molar-refractivity contribution in [3.8, 4) is 5.75 Å². The minimum absolute atomic E-state index is 0.151. The predicted octanol–water partition coefficient (Wildman–Crippen LogP) is 4.70. The SMILES string of the molecule is Cc1ccc(C2CCCCC2)c(OC2(C(=O)NS(=O)(=O)c3cccc(N4CC(C)(C)C4)n3)CC2)c1. The molecule has 0 bridgehead atoms. The van der Waals surface area contributed by atoms with Crippen LogP contribution in [0.2, 0.25) is 0 Å². The molecule has 5 rings (SSSR count). The van der Waals surface area contributed by atoms with Gasteiger partial charge in [0.15, 0.2) is 10.6 Å². The topological polar surface area (TPSA) is 88.6 Å². The molecule has 3 aliphatic rings. The fourth-order valence-corrected chi connectivity index (χ4v) is 6.33. The average Bonchev–Trinajstić information content (AvgIpc) is 3.59. The fourth-order valence-electron chi connectivity index (χ4n) is 5.33. The van der Waals surface area contributed by atoms with Gasteiger partial charge in [0.1, 0.15) is 11.6 Å². The summed E-state index contributed by atoms with van der Waals surface area (Å²) in [5.74, 6) is 1.11. The van der Waals surface area contributed by atoms with Crippen LogP contribution < -0.4 is 14.4 Å². The minimum Gasteiger partial charge on any atom is -0.477 e. The lowest BCUT2D eigenvalue weighted by Crippen LogP contribution is -2.53. The summed E-state index contributed by atoms with van der Waals surface area (Å²) in [5.41, 5.74) is 1.22. The van der Waals surface area contributed by atoms with E-state index in [1.807, 2.05) is 17.9 Å². The van der Waals surface area contributed by atoms with Gasteiger partial charge in [0.25, 0.3) is 15.9 Å². The predicted molar refractivity (Wildman–Crippen MR) is 135 cm³/mol. The Bertz CT molecular complexity index is 1220. The summed E-state index contributed by atoms with van der Waals surface area (Å²) in [6, 6.07) is 11.1. The Kier molecular flexibility index (Phi) is 6.06. The Labute approximate surface area is 208 Å². The summed E-state index contributed by atoms with van der Waals surface area (Å²) in [5, 5.41) is -0.151. The number of aryl methyl sites for hydroxylation is 1. The van der Waals surface area contributed by atoms with E-state index in [4.69, 9.17) is 4.74 Å². The molecule has 0 unspecified atom stereocenters. The number of nitrogens with one attached hydrogen (secondary N) is 1. The standard InChI is InChI=1S/C27H35N3O4S/c1-19-12-13-21(20-8-5-4-6-9-20)22(16-19)34-27(14-15-27)25(31)29-35(32,33)24-11-7-10-23(28-24)30-17-26(2,3)18-30/h7,10-13,16,20H,4-6,8-9,14-15,17-18H2,1-3H3,(H,29,31). The fraction of sp³-hybridized carbons (Fsp3) is 0.556. The minimum atomic E-state index is -4.12. The van der Waals surface area contributed by atoms with Crippen molar-refractivity contribution in [3.63, 3.8) is 0 Å². The molecule has 2 aliphatic carbocycles. The first-order valence-electron chi connectivity index (χ1n) is 12.7. The number of aromatic nitrogens is 1. The quantitative estimate of drug-likeness (QED) is 0.597. The van der Waals surface area contributed by atoms with Crippen LogP contribution in [0.3, 0.4) is 0 Å². The van der Waals surface area contributed by atoms with E-state index in [0.29, 0.717) is 30.3 Å². The number of carbonyl (C=O) groups is 1. The highest BCUT2D eigenvalue weighted by Crippen LogP contribution is 2.45. The van der Waals surface area contributed by atoms with Gasteiger partial charge in [-0.15, -0.1) is 0 Å². The summed E-state index contributed by atoms with van der Waals surface area (Å²) in [6.07, 6.45) is 6.86. The van der Waals surface area contributed by atoms with Crippen LogP contribution >= 0.6 is 0 Å². The molecule has 1 N–H and O–H groups in total. The van der Waals surface area contributed by atoms with Gasteiger partial charge in [0.05, 0.1) is 0 Å². The van der Waals surface area contributed by atoms with Gasteiger partial charge < -0.3 is 9.64 Å². The molecule has 1 aliphatic heterocycles. The van der Waals surface area contributed by atoms with Crippen molar-refractivity contribution in [1.82, 2.24) is 9.71 Å². The van der Waals surface area contributed by atoms with Crippen LogP contribution in [0, 0.1) is 12.3 Å². The van der Waals surface area contributed by atoms with E-state index >= 15 is 0 Å². The van der Waals surface area contributed by atoms with Gasteiger partial charge >= 0.3 is 0 Å². The molecule has 1 aromatic carbocycles. The zero-order chi connectivity index (χ0) is 24.8. The number of rotatable bonds is 7. The molecule has 8 heteroatoms. The Morgan fingerprint density at radius 3 is 2.46 bits per heavy atom. The number of ether oxygens (including phenoxy) is 1. The number of pyridine rings is 1. The van der Waals surface area contributed by atoms with Gasteiger partial charge in [0.2, 0.25) is 0 Å². The molecule has 0 radical (unpaired) electrons. The number of sulfonamides is 1. The summed E-state index contributed by atoms with van der Waals surface area (Å²) in [4.78, 5) is 19.6. The van der Waals surface area contributed by atoms with Crippen molar-refractivity contribution in [2.24, 2.45) is 5.41 Å². The van der Waals surface area contributed by atoms with Gasteiger partial charge in [-0.05, 0) is 60.4 Å². The first kappa shape index (κ1) is 24.1. The Balaban J connectivity index is 1.32. The number of nitrogens with zero attached hydrogens (tertiary/aromatic N) is 2. The Morgan fingerprint density at radius 2 is 1.80 bits per heavy atom. The lowest BCUT2D eigenvalue weighted by molar-refractivity contribution is -0.128. The molecular formula is C27H35N3O4S. The number of hydrogen-bond donors (Lipinski definition) is 1. The highest BCUT2D eigenvalue weighted by Gasteiger charge is 2.54. The third-order valence-corrected chi connectivity index (χ3v) is 8.64. The second-order valence-electron chi connectivity index (χ2n) is 11.3. The lowest BCUT2D eigenvalue weighted by Gasteiger charge is -2.46. The number of amides is 1. The lowest BCUT2D eigenvalue weighted by atomic mass is 9.83. The highest BCUT2D eigenvalue weighted by atomic mass is 32.2. The molecule has 35 heavy (non-hydrogen) atoms. The molecular weight excluding hydrogens is 462 g/mol. The second kappa shape index (κ2) is 8.80. The average molecular weight is 498 g/mol. The monoisotopic (exact) mass is 497 g/mol. The molecule has 2 saturated carbocycles. The first-order chi connectivity index (χ1) is 16.6. The normalized spacial score (nSPS) is 21.2. The van der Waals surface area contributed by atoms with E-state index in [-0.39, 0.29) is 10.4 Å². The van der Waals surface area contributed by atoms with Gasteiger partial charge in [-0.3, -0.25) is 4.79 Å². The van der Waals surface area contributed by atoms with E-state index in [9.17, 15) is 13.2 Å². The zero-order valence-corrected chi connectivity index (χ0v) is 21.7. The van der Waals surface area contributed by atoms with Gasteiger partial charge in [-0.25, -0.2) is 9.71 Å². The number of hydrogen-bond acceptors (Lipinski definition) is 6. The molecule has 0 spiro atoms. The van der Waals surface area contributed by atoms with E-state index in [2.05, 4.69) is 35.7 Å². The van der Waals surface area contributed by atoms with E-state index < -0.39 is 21.5 Å². The van der Waals surface area contributed by atoms with Crippen LogP contribution in [0.5, 0.6) is 5.75 Å². The molecule has 2 aromatic rings. The number of benzene rings is 1. The van der Waals surface area contributed by atoms with Crippen LogP contribution in [-0.4, -0.2) is 38.0 Å². The largest absolute Gasteiger partial charge is 0.477 e. The Hall–Kier alpha value is -2.61. The van der Waals surface area contributed by atoms with Crippen molar-refractivity contribution in [3.05, 3.63) is 47.5 Å². The van der Waals surface area contributed by atoms with Crippen molar-refractivity contribution in [2.45, 2.75) is 82.3 Å². The maximum Gasteiger partial charge on any atom is 0.281 e. The number of carbonyl (C=O) groups excluding carboxylic acids is 1. The Morgan fingerprint density at radius 1 is 1.09 bits per heavy atom. The maximum absolute atomic E-state index is 13.2. The van der Waals surface area contributed by atoms with Crippen LogP contribution in [0.25, 0.3) is 0 Å². The molecule has 188 valence electrons. The smallest absolute Gasteiger partial charge is 0.281 e.